The van der Waals surface area contributed by atoms with Crippen LogP contribution in [0.3, 0.4) is 0 Å². The minimum atomic E-state index is -4.22. The monoisotopic (exact) mass is 153 g/mol. The van der Waals surface area contributed by atoms with Gasteiger partial charge in [0, 0.05) is 6.21 Å². The second-order valence-corrected chi connectivity index (χ2v) is 2.33. The Balaban J connectivity index is 2.53. The topological polar surface area (TPSA) is 12.4 Å². The highest BCUT2D eigenvalue weighted by Gasteiger charge is 2.41. The van der Waals surface area contributed by atoms with Crippen molar-refractivity contribution in [3.8, 4) is 0 Å². The summed E-state index contributed by atoms with van der Waals surface area (Å²) in [6.45, 7) is 0. The number of nitrogens with zero attached hydrogens (tertiary/aromatic N) is 1. The molecule has 1 heterocycles. The van der Waals surface area contributed by atoms with Crippen LogP contribution in [0.4, 0.5) is 13.2 Å². The summed E-state index contributed by atoms with van der Waals surface area (Å²) in [6, 6.07) is 0. The molecule has 0 aromatic carbocycles. The van der Waals surface area contributed by atoms with E-state index in [0.717, 1.165) is 6.21 Å². The Bertz CT molecular complexity index is 130. The lowest BCUT2D eigenvalue weighted by Gasteiger charge is -2.08. The first-order chi connectivity index (χ1) is 4.11. The smallest absolute Gasteiger partial charge is 0.272 e. The number of halogens is 3. The fourth-order valence-corrected chi connectivity index (χ4v) is 0.881. The molecule has 0 amide bonds. The van der Waals surface area contributed by atoms with Gasteiger partial charge in [-0.15, -0.1) is 11.8 Å². The van der Waals surface area contributed by atoms with Crippen molar-refractivity contribution in [1.82, 2.24) is 0 Å². The predicted molar refractivity (Wildman–Crippen MR) is 29.2 cm³/mol. The van der Waals surface area contributed by atoms with Crippen molar-refractivity contribution >= 4 is 18.0 Å². The normalized spacial score (nSPS) is 27.2. The summed E-state index contributed by atoms with van der Waals surface area (Å²) in [4.78, 5) is 3.11. The molecule has 0 aromatic rings. The third-order valence-corrected chi connectivity index (χ3v) is 1.58. The van der Waals surface area contributed by atoms with Crippen LogP contribution in [-0.2, 0) is 0 Å². The molecule has 0 bridgehead atoms. The highest BCUT2D eigenvalue weighted by molar-refractivity contribution is 8.02. The van der Waals surface area contributed by atoms with Crippen LogP contribution in [0.15, 0.2) is 4.99 Å². The van der Waals surface area contributed by atoms with Crippen LogP contribution >= 0.6 is 11.8 Å². The van der Waals surface area contributed by atoms with Gasteiger partial charge in [-0.3, -0.25) is 4.99 Å². The summed E-state index contributed by atoms with van der Waals surface area (Å²) < 4.78 is 34.8. The summed E-state index contributed by atoms with van der Waals surface area (Å²) >= 11 is 0.552. The molecule has 1 unspecified atom stereocenters. The third-order valence-electron chi connectivity index (χ3n) is 0.722. The quantitative estimate of drug-likeness (QED) is 0.516. The molecule has 0 N–H and O–H groups in total. The SMILES string of the molecule is FC(F)(F)C1N=C[C]S1. The zero-order valence-corrected chi connectivity index (χ0v) is 4.96. The van der Waals surface area contributed by atoms with Gasteiger partial charge in [-0.2, -0.15) is 13.2 Å². The molecule has 2 radical (unpaired) electrons. The Morgan fingerprint density at radius 2 is 2.22 bits per heavy atom. The maximum absolute atomic E-state index is 11.6. The molecule has 1 rings (SSSR count). The molecule has 0 aromatic heterocycles. The highest BCUT2D eigenvalue weighted by Crippen LogP contribution is 2.34. The van der Waals surface area contributed by atoms with Gasteiger partial charge in [0.25, 0.3) is 0 Å². The van der Waals surface area contributed by atoms with Crippen LogP contribution in [-0.4, -0.2) is 17.8 Å². The van der Waals surface area contributed by atoms with E-state index < -0.39 is 11.6 Å². The number of hydrogen-bond donors (Lipinski definition) is 0. The zero-order chi connectivity index (χ0) is 6.91. The first-order valence-electron chi connectivity index (χ1n) is 2.10. The van der Waals surface area contributed by atoms with Crippen molar-refractivity contribution in [3.05, 3.63) is 5.75 Å². The Morgan fingerprint density at radius 1 is 1.56 bits per heavy atom. The second-order valence-electron chi connectivity index (χ2n) is 1.41. The minimum Gasteiger partial charge on any atom is -0.272 e. The van der Waals surface area contributed by atoms with Gasteiger partial charge in [0.15, 0.2) is 5.37 Å². The molecular formula is C4H2F3NS. The van der Waals surface area contributed by atoms with Gasteiger partial charge >= 0.3 is 6.18 Å². The molecule has 9 heavy (non-hydrogen) atoms. The van der Waals surface area contributed by atoms with Crippen LogP contribution in [0.1, 0.15) is 0 Å². The van der Waals surface area contributed by atoms with E-state index in [1.165, 1.54) is 0 Å². The lowest BCUT2D eigenvalue weighted by Crippen LogP contribution is -2.21. The van der Waals surface area contributed by atoms with E-state index in [1.807, 2.05) is 0 Å². The van der Waals surface area contributed by atoms with E-state index in [0.29, 0.717) is 11.8 Å². The van der Waals surface area contributed by atoms with E-state index in [4.69, 9.17) is 0 Å². The Morgan fingerprint density at radius 3 is 2.44 bits per heavy atom. The van der Waals surface area contributed by atoms with E-state index in [-0.39, 0.29) is 0 Å². The number of alkyl halides is 3. The van der Waals surface area contributed by atoms with Crippen LogP contribution in [0.2, 0.25) is 0 Å². The minimum absolute atomic E-state index is 0.552. The van der Waals surface area contributed by atoms with Gasteiger partial charge in [0.05, 0.1) is 5.75 Å². The van der Waals surface area contributed by atoms with Crippen molar-refractivity contribution in [2.75, 3.05) is 0 Å². The Kier molecular flexibility index (Phi) is 1.70. The third kappa shape index (κ3) is 1.61. The van der Waals surface area contributed by atoms with Gasteiger partial charge in [-0.1, -0.05) is 0 Å². The number of hydrogen-bond acceptors (Lipinski definition) is 2. The number of rotatable bonds is 0. The molecule has 1 aliphatic rings. The van der Waals surface area contributed by atoms with Crippen LogP contribution < -0.4 is 0 Å². The molecule has 1 atom stereocenters. The van der Waals surface area contributed by atoms with Gasteiger partial charge in [-0.05, 0) is 0 Å². The first kappa shape index (κ1) is 6.92. The number of thioether (sulfide) groups is 1. The molecule has 1 nitrogen and oxygen atoms in total. The van der Waals surface area contributed by atoms with Gasteiger partial charge in [0.1, 0.15) is 0 Å². The van der Waals surface area contributed by atoms with Crippen molar-refractivity contribution in [3.63, 3.8) is 0 Å². The van der Waals surface area contributed by atoms with Crippen LogP contribution in [0, 0.1) is 5.75 Å². The highest BCUT2D eigenvalue weighted by atomic mass is 32.2. The van der Waals surface area contributed by atoms with Crippen molar-refractivity contribution in [1.29, 1.82) is 0 Å². The summed E-state index contributed by atoms with van der Waals surface area (Å²) in [6.07, 6.45) is -3.17. The molecule has 1 aliphatic heterocycles. The van der Waals surface area contributed by atoms with Crippen LogP contribution in [0.25, 0.3) is 0 Å². The predicted octanol–water partition coefficient (Wildman–Crippen LogP) is 1.73. The largest absolute Gasteiger partial charge is 0.420 e. The van der Waals surface area contributed by atoms with E-state index in [9.17, 15) is 13.2 Å². The standard InChI is InChI=1S/C4H2F3NS/c5-4(6,7)3-8-1-2-9-3/h1,3H. The van der Waals surface area contributed by atoms with Gasteiger partial charge in [-0.25, -0.2) is 0 Å². The van der Waals surface area contributed by atoms with Gasteiger partial charge < -0.3 is 0 Å². The fraction of sp³-hybridized carbons (Fsp3) is 0.500. The van der Waals surface area contributed by atoms with Crippen LogP contribution in [0.5, 0.6) is 0 Å². The second kappa shape index (κ2) is 2.21. The zero-order valence-electron chi connectivity index (χ0n) is 4.14. The van der Waals surface area contributed by atoms with Crippen molar-refractivity contribution in [2.24, 2.45) is 4.99 Å². The lowest BCUT2D eigenvalue weighted by atomic mass is 10.6. The molecule has 50 valence electrons. The average Bonchev–Trinajstić information content (AvgIpc) is 2.08. The molecule has 0 fully saturated rings. The van der Waals surface area contributed by atoms with E-state index >= 15 is 0 Å². The Labute approximate surface area is 54.3 Å². The van der Waals surface area contributed by atoms with Crippen molar-refractivity contribution < 1.29 is 13.2 Å². The summed E-state index contributed by atoms with van der Waals surface area (Å²) in [5.41, 5.74) is 0. The maximum atomic E-state index is 11.6. The summed E-state index contributed by atoms with van der Waals surface area (Å²) in [5, 5.41) is -1.61. The maximum Gasteiger partial charge on any atom is 0.420 e. The van der Waals surface area contributed by atoms with Gasteiger partial charge in [0.2, 0.25) is 0 Å². The molecule has 5 heteroatoms. The molecule has 0 saturated heterocycles. The summed E-state index contributed by atoms with van der Waals surface area (Å²) in [5.74, 6) is 2.28. The summed E-state index contributed by atoms with van der Waals surface area (Å²) in [7, 11) is 0. The molecule has 0 aliphatic carbocycles. The average molecular weight is 153 g/mol. The van der Waals surface area contributed by atoms with E-state index in [2.05, 4.69) is 10.7 Å². The molecule has 0 spiro atoms. The molecular weight excluding hydrogens is 151 g/mol. The lowest BCUT2D eigenvalue weighted by molar-refractivity contribution is -0.126. The number of aliphatic imine (C=N–C) groups is 1. The van der Waals surface area contributed by atoms with E-state index in [1.54, 1.807) is 0 Å². The van der Waals surface area contributed by atoms with Crippen molar-refractivity contribution in [2.45, 2.75) is 11.6 Å². The fourth-order valence-electron chi connectivity index (χ4n) is 0.375. The first-order valence-corrected chi connectivity index (χ1v) is 2.98. The Hall–Kier alpha value is -0.190. The molecule has 0 saturated carbocycles.